The molecule has 5 heteroatoms. The molecule has 0 radical (unpaired) electrons. The van der Waals surface area contributed by atoms with Crippen molar-refractivity contribution >= 4 is 32.7 Å². The molecule has 0 saturated carbocycles. The first-order valence-electron chi connectivity index (χ1n) is 6.54. The number of pyridine rings is 2. The molecule has 3 heterocycles. The molecule has 2 unspecified atom stereocenters. The quantitative estimate of drug-likeness (QED) is 0.877. The second-order valence-corrected chi connectivity index (χ2v) is 6.27. The van der Waals surface area contributed by atoms with Gasteiger partial charge in [0.25, 0.3) is 0 Å². The van der Waals surface area contributed by atoms with Gasteiger partial charge in [-0.05, 0) is 40.4 Å². The van der Waals surface area contributed by atoms with E-state index in [4.69, 9.17) is 5.73 Å². The van der Waals surface area contributed by atoms with Crippen LogP contribution in [0.1, 0.15) is 13.3 Å². The van der Waals surface area contributed by atoms with Crippen molar-refractivity contribution in [1.29, 1.82) is 0 Å². The summed E-state index contributed by atoms with van der Waals surface area (Å²) in [5, 5.41) is 0. The Morgan fingerprint density at radius 2 is 2.21 bits per heavy atom. The van der Waals surface area contributed by atoms with Gasteiger partial charge in [-0.15, -0.1) is 0 Å². The van der Waals surface area contributed by atoms with Gasteiger partial charge in [0.15, 0.2) is 0 Å². The molecule has 0 spiro atoms. The van der Waals surface area contributed by atoms with Crippen LogP contribution in [-0.2, 0) is 0 Å². The van der Waals surface area contributed by atoms with E-state index in [0.29, 0.717) is 5.92 Å². The third-order valence-electron chi connectivity index (χ3n) is 3.56. The van der Waals surface area contributed by atoms with E-state index in [1.54, 1.807) is 0 Å². The van der Waals surface area contributed by atoms with Crippen molar-refractivity contribution in [3.8, 4) is 0 Å². The van der Waals surface area contributed by atoms with Crippen LogP contribution in [0.5, 0.6) is 0 Å². The standard InChI is InChI=1S/C14H17BrN4/c1-9-4-11(16)8-19(7-9)13-2-3-17-12-5-10(15)6-18-14(12)13/h2-3,5-6,9,11H,4,7-8,16H2,1H3. The SMILES string of the molecule is CC1CC(N)CN(c2ccnc3cc(Br)cnc23)C1. The molecule has 0 bridgehead atoms. The first kappa shape index (κ1) is 12.8. The van der Waals surface area contributed by atoms with Gasteiger partial charge >= 0.3 is 0 Å². The molecule has 2 N–H and O–H groups in total. The lowest BCUT2D eigenvalue weighted by molar-refractivity contribution is 0.402. The van der Waals surface area contributed by atoms with Gasteiger partial charge < -0.3 is 10.6 Å². The molecule has 0 amide bonds. The van der Waals surface area contributed by atoms with E-state index < -0.39 is 0 Å². The van der Waals surface area contributed by atoms with Gasteiger partial charge in [-0.3, -0.25) is 9.97 Å². The van der Waals surface area contributed by atoms with Crippen molar-refractivity contribution in [2.75, 3.05) is 18.0 Å². The second kappa shape index (κ2) is 5.06. The fourth-order valence-electron chi connectivity index (χ4n) is 2.84. The molecule has 1 aliphatic rings. The molecule has 1 saturated heterocycles. The Morgan fingerprint density at radius 3 is 3.00 bits per heavy atom. The van der Waals surface area contributed by atoms with Crippen LogP contribution in [0.4, 0.5) is 5.69 Å². The molecule has 1 fully saturated rings. The number of hydrogen-bond donors (Lipinski definition) is 1. The van der Waals surface area contributed by atoms with Crippen LogP contribution in [0, 0.1) is 5.92 Å². The number of aromatic nitrogens is 2. The summed E-state index contributed by atoms with van der Waals surface area (Å²) in [6.07, 6.45) is 4.76. The second-order valence-electron chi connectivity index (χ2n) is 5.36. The van der Waals surface area contributed by atoms with Crippen LogP contribution in [-0.4, -0.2) is 29.1 Å². The Balaban J connectivity index is 2.04. The largest absolute Gasteiger partial charge is 0.368 e. The molecular formula is C14H17BrN4. The van der Waals surface area contributed by atoms with Gasteiger partial charge in [-0.25, -0.2) is 0 Å². The zero-order chi connectivity index (χ0) is 13.4. The van der Waals surface area contributed by atoms with Gasteiger partial charge in [0.05, 0.1) is 11.2 Å². The summed E-state index contributed by atoms with van der Waals surface area (Å²) in [5.74, 6) is 0.613. The van der Waals surface area contributed by atoms with E-state index in [2.05, 4.69) is 37.7 Å². The number of anilines is 1. The summed E-state index contributed by atoms with van der Waals surface area (Å²) in [5.41, 5.74) is 9.14. The molecule has 0 aromatic carbocycles. The highest BCUT2D eigenvalue weighted by atomic mass is 79.9. The number of nitrogens with zero attached hydrogens (tertiary/aromatic N) is 3. The van der Waals surface area contributed by atoms with Crippen LogP contribution in [0.3, 0.4) is 0 Å². The van der Waals surface area contributed by atoms with Crippen LogP contribution < -0.4 is 10.6 Å². The fourth-order valence-corrected chi connectivity index (χ4v) is 3.16. The van der Waals surface area contributed by atoms with E-state index >= 15 is 0 Å². The Morgan fingerprint density at radius 1 is 1.37 bits per heavy atom. The van der Waals surface area contributed by atoms with Crippen molar-refractivity contribution in [3.63, 3.8) is 0 Å². The van der Waals surface area contributed by atoms with Gasteiger partial charge in [0.2, 0.25) is 0 Å². The highest BCUT2D eigenvalue weighted by Crippen LogP contribution is 2.28. The molecule has 0 aliphatic carbocycles. The predicted molar refractivity (Wildman–Crippen MR) is 81.2 cm³/mol. The Labute approximate surface area is 121 Å². The molecule has 2 aromatic rings. The summed E-state index contributed by atoms with van der Waals surface area (Å²) >= 11 is 3.44. The maximum absolute atomic E-state index is 6.14. The van der Waals surface area contributed by atoms with Gasteiger partial charge in [-0.1, -0.05) is 6.92 Å². The molecule has 2 aromatic heterocycles. The third kappa shape index (κ3) is 2.58. The van der Waals surface area contributed by atoms with Gasteiger partial charge in [-0.2, -0.15) is 0 Å². The highest BCUT2D eigenvalue weighted by Gasteiger charge is 2.23. The molecule has 4 nitrogen and oxygen atoms in total. The monoisotopic (exact) mass is 320 g/mol. The van der Waals surface area contributed by atoms with E-state index in [0.717, 1.165) is 40.7 Å². The zero-order valence-corrected chi connectivity index (χ0v) is 12.5. The minimum atomic E-state index is 0.238. The summed E-state index contributed by atoms with van der Waals surface area (Å²) in [6, 6.07) is 4.27. The average Bonchev–Trinajstić information content (AvgIpc) is 2.36. The maximum Gasteiger partial charge on any atom is 0.112 e. The van der Waals surface area contributed by atoms with Crippen molar-refractivity contribution in [2.45, 2.75) is 19.4 Å². The third-order valence-corrected chi connectivity index (χ3v) is 3.99. The number of piperidine rings is 1. The maximum atomic E-state index is 6.14. The fraction of sp³-hybridized carbons (Fsp3) is 0.429. The number of hydrogen-bond acceptors (Lipinski definition) is 4. The number of nitrogens with two attached hydrogens (primary N) is 1. The van der Waals surface area contributed by atoms with Crippen molar-refractivity contribution in [2.24, 2.45) is 11.7 Å². The van der Waals surface area contributed by atoms with Crippen LogP contribution in [0.25, 0.3) is 11.0 Å². The summed E-state index contributed by atoms with van der Waals surface area (Å²) < 4.78 is 0.952. The number of halogens is 1. The lowest BCUT2D eigenvalue weighted by Crippen LogP contribution is -2.46. The number of fused-ring (bicyclic) bond motifs is 1. The van der Waals surface area contributed by atoms with E-state index in [-0.39, 0.29) is 6.04 Å². The first-order chi connectivity index (χ1) is 9.13. The first-order valence-corrected chi connectivity index (χ1v) is 7.33. The zero-order valence-electron chi connectivity index (χ0n) is 10.9. The Kier molecular flexibility index (Phi) is 3.41. The smallest absolute Gasteiger partial charge is 0.112 e. The average molecular weight is 321 g/mol. The molecule has 3 rings (SSSR count). The van der Waals surface area contributed by atoms with E-state index in [9.17, 15) is 0 Å². The summed E-state index contributed by atoms with van der Waals surface area (Å²) in [7, 11) is 0. The Bertz CT molecular complexity index is 591. The molecule has 2 atom stereocenters. The van der Waals surface area contributed by atoms with Gasteiger partial charge in [0, 0.05) is 36.0 Å². The van der Waals surface area contributed by atoms with Crippen LogP contribution in [0.15, 0.2) is 29.0 Å². The topological polar surface area (TPSA) is 55.0 Å². The summed E-state index contributed by atoms with van der Waals surface area (Å²) in [6.45, 7) is 4.17. The van der Waals surface area contributed by atoms with Crippen LogP contribution >= 0.6 is 15.9 Å². The number of rotatable bonds is 1. The molecular weight excluding hydrogens is 304 g/mol. The van der Waals surface area contributed by atoms with Crippen molar-refractivity contribution in [3.05, 3.63) is 29.0 Å². The van der Waals surface area contributed by atoms with E-state index in [1.165, 1.54) is 0 Å². The summed E-state index contributed by atoms with van der Waals surface area (Å²) in [4.78, 5) is 11.2. The lowest BCUT2D eigenvalue weighted by atomic mass is 9.96. The van der Waals surface area contributed by atoms with Gasteiger partial charge in [0.1, 0.15) is 5.52 Å². The Hall–Kier alpha value is -1.20. The van der Waals surface area contributed by atoms with Crippen molar-refractivity contribution in [1.82, 2.24) is 9.97 Å². The predicted octanol–water partition coefficient (Wildman–Crippen LogP) is 2.57. The molecule has 19 heavy (non-hydrogen) atoms. The molecule has 100 valence electrons. The molecule has 1 aliphatic heterocycles. The normalized spacial score (nSPS) is 23.8. The van der Waals surface area contributed by atoms with Crippen molar-refractivity contribution < 1.29 is 0 Å². The minimum Gasteiger partial charge on any atom is -0.368 e. The highest BCUT2D eigenvalue weighted by molar-refractivity contribution is 9.10. The minimum absolute atomic E-state index is 0.238. The van der Waals surface area contributed by atoms with E-state index in [1.807, 2.05) is 24.5 Å². The van der Waals surface area contributed by atoms with Crippen LogP contribution in [0.2, 0.25) is 0 Å². The lowest BCUT2D eigenvalue weighted by Gasteiger charge is -2.36.